The van der Waals surface area contributed by atoms with Crippen LogP contribution >= 0.6 is 0 Å². The minimum atomic E-state index is 0.514. The van der Waals surface area contributed by atoms with Crippen LogP contribution in [0.3, 0.4) is 0 Å². The molecule has 3 nitrogen and oxygen atoms in total. The molecule has 0 spiro atoms. The Bertz CT molecular complexity index is 586. The molecule has 0 bridgehead atoms. The molecule has 0 radical (unpaired) electrons. The minimum Gasteiger partial charge on any atom is -0.494 e. The van der Waals surface area contributed by atoms with E-state index >= 15 is 0 Å². The number of rotatable bonds is 7. The van der Waals surface area contributed by atoms with E-state index in [1.165, 1.54) is 0 Å². The molecule has 0 saturated heterocycles. The summed E-state index contributed by atoms with van der Waals surface area (Å²) in [5.41, 5.74) is 1.92. The van der Waals surface area contributed by atoms with E-state index in [1.54, 1.807) is 6.08 Å². The number of ether oxygens (including phenoxy) is 2. The number of aliphatic imine (C=N–C) groups is 1. The van der Waals surface area contributed by atoms with Crippen LogP contribution in [-0.4, -0.2) is 19.4 Å². The maximum Gasteiger partial charge on any atom is 0.119 e. The topological polar surface area (TPSA) is 30.8 Å². The fourth-order valence-electron chi connectivity index (χ4n) is 1.75. The lowest BCUT2D eigenvalue weighted by Gasteiger charge is -2.03. The molecule has 2 aromatic rings. The van der Waals surface area contributed by atoms with Crippen molar-refractivity contribution in [1.29, 1.82) is 0 Å². The molecular formula is C18H19NO2. The van der Waals surface area contributed by atoms with Gasteiger partial charge in [-0.3, -0.25) is 4.99 Å². The molecule has 2 aromatic carbocycles. The molecule has 0 aliphatic rings. The Labute approximate surface area is 125 Å². The molecule has 0 atom stereocenters. The summed E-state index contributed by atoms with van der Waals surface area (Å²) < 4.78 is 10.8. The SMILES string of the molecule is C=CCOc1ccc(C=Nc2ccc(OCC)cc2)cc1. The molecule has 0 heterocycles. The van der Waals surface area contributed by atoms with Crippen LogP contribution in [0.4, 0.5) is 5.69 Å². The van der Waals surface area contributed by atoms with Gasteiger partial charge < -0.3 is 9.47 Å². The number of hydrogen-bond acceptors (Lipinski definition) is 3. The van der Waals surface area contributed by atoms with Crippen LogP contribution in [0.1, 0.15) is 12.5 Å². The Kier molecular flexibility index (Phi) is 5.59. The van der Waals surface area contributed by atoms with E-state index in [4.69, 9.17) is 9.47 Å². The molecule has 108 valence electrons. The zero-order chi connectivity index (χ0) is 14.9. The summed E-state index contributed by atoms with van der Waals surface area (Å²) in [6.07, 6.45) is 3.55. The predicted octanol–water partition coefficient (Wildman–Crippen LogP) is 4.40. The zero-order valence-corrected chi connectivity index (χ0v) is 12.2. The van der Waals surface area contributed by atoms with Crippen molar-refractivity contribution < 1.29 is 9.47 Å². The lowest BCUT2D eigenvalue weighted by atomic mass is 10.2. The summed E-state index contributed by atoms with van der Waals surface area (Å²) in [5, 5.41) is 0. The van der Waals surface area contributed by atoms with Crippen LogP contribution in [0.2, 0.25) is 0 Å². The molecule has 2 rings (SSSR count). The Balaban J connectivity index is 1.98. The maximum absolute atomic E-state index is 5.43. The quantitative estimate of drug-likeness (QED) is 0.556. The third-order valence-corrected chi connectivity index (χ3v) is 2.76. The van der Waals surface area contributed by atoms with E-state index in [0.717, 1.165) is 22.7 Å². The van der Waals surface area contributed by atoms with Gasteiger partial charge in [-0.1, -0.05) is 12.7 Å². The Morgan fingerprint density at radius 3 is 2.19 bits per heavy atom. The summed E-state index contributed by atoms with van der Waals surface area (Å²) >= 11 is 0. The second-order valence-electron chi connectivity index (χ2n) is 4.35. The Hall–Kier alpha value is -2.55. The standard InChI is InChI=1S/C18H19NO2/c1-3-13-21-18-9-5-15(6-10-18)14-19-16-7-11-17(12-8-16)20-4-2/h3,5-12,14H,1,4,13H2,2H3. The average molecular weight is 281 g/mol. The minimum absolute atomic E-state index is 0.514. The van der Waals surface area contributed by atoms with Crippen LogP contribution in [0.5, 0.6) is 11.5 Å². The lowest BCUT2D eigenvalue weighted by Crippen LogP contribution is -1.92. The van der Waals surface area contributed by atoms with Crippen molar-refractivity contribution >= 4 is 11.9 Å². The van der Waals surface area contributed by atoms with E-state index in [9.17, 15) is 0 Å². The third kappa shape index (κ3) is 4.80. The van der Waals surface area contributed by atoms with Crippen molar-refractivity contribution in [2.75, 3.05) is 13.2 Å². The monoisotopic (exact) mass is 281 g/mol. The molecule has 0 aliphatic carbocycles. The van der Waals surface area contributed by atoms with Crippen LogP contribution in [0.15, 0.2) is 66.2 Å². The van der Waals surface area contributed by atoms with Crippen molar-refractivity contribution in [2.24, 2.45) is 4.99 Å². The van der Waals surface area contributed by atoms with Gasteiger partial charge in [0.1, 0.15) is 18.1 Å². The van der Waals surface area contributed by atoms with Crippen molar-refractivity contribution in [1.82, 2.24) is 0 Å². The van der Waals surface area contributed by atoms with Gasteiger partial charge in [-0.05, 0) is 61.0 Å². The van der Waals surface area contributed by atoms with Crippen molar-refractivity contribution in [3.8, 4) is 11.5 Å². The first-order chi connectivity index (χ1) is 10.3. The largest absolute Gasteiger partial charge is 0.494 e. The molecular weight excluding hydrogens is 262 g/mol. The van der Waals surface area contributed by atoms with Crippen molar-refractivity contribution in [2.45, 2.75) is 6.92 Å². The maximum atomic E-state index is 5.43. The van der Waals surface area contributed by atoms with Crippen molar-refractivity contribution in [3.63, 3.8) is 0 Å². The zero-order valence-electron chi connectivity index (χ0n) is 12.2. The molecule has 0 aromatic heterocycles. The predicted molar refractivity (Wildman–Crippen MR) is 87.0 cm³/mol. The average Bonchev–Trinajstić information content (AvgIpc) is 2.53. The summed E-state index contributed by atoms with van der Waals surface area (Å²) in [5.74, 6) is 1.69. The van der Waals surface area contributed by atoms with E-state index in [0.29, 0.717) is 13.2 Å². The fraction of sp³-hybridized carbons (Fsp3) is 0.167. The molecule has 3 heteroatoms. The first-order valence-corrected chi connectivity index (χ1v) is 6.92. The van der Waals surface area contributed by atoms with Crippen LogP contribution < -0.4 is 9.47 Å². The van der Waals surface area contributed by atoms with Gasteiger partial charge in [0.15, 0.2) is 0 Å². The highest BCUT2D eigenvalue weighted by Gasteiger charge is 1.94. The van der Waals surface area contributed by atoms with Crippen LogP contribution in [0, 0.1) is 0 Å². The Morgan fingerprint density at radius 2 is 1.57 bits per heavy atom. The molecule has 0 N–H and O–H groups in total. The summed E-state index contributed by atoms with van der Waals surface area (Å²) in [6.45, 7) is 6.77. The number of nitrogens with zero attached hydrogens (tertiary/aromatic N) is 1. The fourth-order valence-corrected chi connectivity index (χ4v) is 1.75. The first-order valence-electron chi connectivity index (χ1n) is 6.92. The lowest BCUT2D eigenvalue weighted by molar-refractivity contribution is 0.340. The second kappa shape index (κ2) is 7.90. The number of hydrogen-bond donors (Lipinski definition) is 0. The molecule has 0 unspecified atom stereocenters. The smallest absolute Gasteiger partial charge is 0.119 e. The van der Waals surface area contributed by atoms with Crippen molar-refractivity contribution in [3.05, 3.63) is 66.7 Å². The normalized spacial score (nSPS) is 10.5. The summed E-state index contributed by atoms with van der Waals surface area (Å²) in [7, 11) is 0. The molecule has 0 fully saturated rings. The van der Waals surface area contributed by atoms with Gasteiger partial charge >= 0.3 is 0 Å². The molecule has 0 aliphatic heterocycles. The van der Waals surface area contributed by atoms with Gasteiger partial charge in [-0.2, -0.15) is 0 Å². The van der Waals surface area contributed by atoms with E-state index < -0.39 is 0 Å². The van der Waals surface area contributed by atoms with Gasteiger partial charge in [0.25, 0.3) is 0 Å². The van der Waals surface area contributed by atoms with Gasteiger partial charge in [-0.25, -0.2) is 0 Å². The highest BCUT2D eigenvalue weighted by Crippen LogP contribution is 2.18. The highest BCUT2D eigenvalue weighted by atomic mass is 16.5. The van der Waals surface area contributed by atoms with Crippen LogP contribution in [-0.2, 0) is 0 Å². The van der Waals surface area contributed by atoms with Gasteiger partial charge in [0.2, 0.25) is 0 Å². The molecule has 0 saturated carbocycles. The van der Waals surface area contributed by atoms with Crippen LogP contribution in [0.25, 0.3) is 0 Å². The number of benzene rings is 2. The van der Waals surface area contributed by atoms with Gasteiger partial charge in [0.05, 0.1) is 12.3 Å². The van der Waals surface area contributed by atoms with E-state index in [2.05, 4.69) is 11.6 Å². The highest BCUT2D eigenvalue weighted by molar-refractivity contribution is 5.82. The van der Waals surface area contributed by atoms with E-state index in [1.807, 2.05) is 61.7 Å². The first kappa shape index (κ1) is 14.9. The summed E-state index contributed by atoms with van der Waals surface area (Å²) in [6, 6.07) is 15.5. The Morgan fingerprint density at radius 1 is 0.952 bits per heavy atom. The summed E-state index contributed by atoms with van der Waals surface area (Å²) in [4.78, 5) is 4.43. The van der Waals surface area contributed by atoms with Gasteiger partial charge in [-0.15, -0.1) is 0 Å². The molecule has 21 heavy (non-hydrogen) atoms. The molecule has 0 amide bonds. The van der Waals surface area contributed by atoms with Gasteiger partial charge in [0, 0.05) is 6.21 Å². The second-order valence-corrected chi connectivity index (χ2v) is 4.35. The third-order valence-electron chi connectivity index (χ3n) is 2.76. The van der Waals surface area contributed by atoms with E-state index in [-0.39, 0.29) is 0 Å².